The molecule has 3 N–H and O–H groups in total. The molecular formula is C13H14Cl2N2O3. The van der Waals surface area contributed by atoms with Gasteiger partial charge in [-0.25, -0.2) is 0 Å². The van der Waals surface area contributed by atoms with Gasteiger partial charge in [-0.2, -0.15) is 0 Å². The molecule has 1 fully saturated rings. The van der Waals surface area contributed by atoms with Crippen LogP contribution in [0.2, 0.25) is 10.0 Å². The molecule has 0 aliphatic carbocycles. The highest BCUT2D eigenvalue weighted by molar-refractivity contribution is 6.39. The Bertz CT molecular complexity index is 554. The van der Waals surface area contributed by atoms with E-state index in [0.717, 1.165) is 0 Å². The van der Waals surface area contributed by atoms with Crippen LogP contribution in [0.1, 0.15) is 17.3 Å². The number of halogens is 2. The van der Waals surface area contributed by atoms with E-state index in [0.29, 0.717) is 12.1 Å². The Morgan fingerprint density at radius 1 is 1.30 bits per heavy atom. The molecule has 1 heterocycles. The van der Waals surface area contributed by atoms with Gasteiger partial charge in [0.15, 0.2) is 0 Å². The van der Waals surface area contributed by atoms with Gasteiger partial charge < -0.3 is 15.7 Å². The summed E-state index contributed by atoms with van der Waals surface area (Å²) in [4.78, 5) is 24.9. The number of hydrogen-bond donors (Lipinski definition) is 2. The van der Waals surface area contributed by atoms with Gasteiger partial charge in [0.1, 0.15) is 0 Å². The molecule has 0 aromatic heterocycles. The standard InChI is InChI=1S/C13H14Cl2N2O3/c1-6-4-17(5-8(6)13(19)20)12(18)7-2-9(14)11(16)10(15)3-7/h2-3,6,8H,4-5,16H2,1H3,(H,19,20). The predicted octanol–water partition coefficient (Wildman–Crippen LogP) is 2.37. The molecule has 1 amide bonds. The van der Waals surface area contributed by atoms with Crippen LogP contribution < -0.4 is 5.73 Å². The van der Waals surface area contributed by atoms with Crippen molar-refractivity contribution in [2.75, 3.05) is 18.8 Å². The normalized spacial score (nSPS) is 22.1. The van der Waals surface area contributed by atoms with Gasteiger partial charge in [-0.3, -0.25) is 9.59 Å². The van der Waals surface area contributed by atoms with Gasteiger partial charge in [0.25, 0.3) is 5.91 Å². The van der Waals surface area contributed by atoms with Gasteiger partial charge in [-0.1, -0.05) is 30.1 Å². The smallest absolute Gasteiger partial charge is 0.308 e. The van der Waals surface area contributed by atoms with Crippen molar-refractivity contribution in [3.8, 4) is 0 Å². The summed E-state index contributed by atoms with van der Waals surface area (Å²) >= 11 is 11.8. The number of carboxylic acid groups (broad SMARTS) is 1. The fourth-order valence-electron chi connectivity index (χ4n) is 2.34. The second kappa shape index (κ2) is 5.50. The van der Waals surface area contributed by atoms with E-state index >= 15 is 0 Å². The lowest BCUT2D eigenvalue weighted by atomic mass is 9.99. The Balaban J connectivity index is 2.23. The van der Waals surface area contributed by atoms with Gasteiger partial charge in [0.05, 0.1) is 21.7 Å². The van der Waals surface area contributed by atoms with Crippen molar-refractivity contribution in [3.63, 3.8) is 0 Å². The number of carboxylic acids is 1. The van der Waals surface area contributed by atoms with Crippen LogP contribution in [0.5, 0.6) is 0 Å². The summed E-state index contributed by atoms with van der Waals surface area (Å²) in [6.45, 7) is 2.40. The van der Waals surface area contributed by atoms with Crippen LogP contribution in [0.3, 0.4) is 0 Å². The number of benzene rings is 1. The van der Waals surface area contributed by atoms with Gasteiger partial charge in [-0.05, 0) is 18.1 Å². The first-order valence-corrected chi connectivity index (χ1v) is 6.83. The van der Waals surface area contributed by atoms with E-state index in [1.165, 1.54) is 17.0 Å². The molecule has 1 aromatic rings. The maximum absolute atomic E-state index is 12.4. The quantitative estimate of drug-likeness (QED) is 0.820. The molecular weight excluding hydrogens is 303 g/mol. The van der Waals surface area contributed by atoms with E-state index in [2.05, 4.69) is 0 Å². The van der Waals surface area contributed by atoms with Crippen molar-refractivity contribution in [1.29, 1.82) is 0 Å². The summed E-state index contributed by atoms with van der Waals surface area (Å²) in [6.07, 6.45) is 0. The predicted molar refractivity (Wildman–Crippen MR) is 77.1 cm³/mol. The first-order valence-electron chi connectivity index (χ1n) is 6.08. The van der Waals surface area contributed by atoms with E-state index in [1.807, 2.05) is 6.92 Å². The number of aliphatic carboxylic acids is 1. The van der Waals surface area contributed by atoms with Gasteiger partial charge in [0.2, 0.25) is 0 Å². The number of likely N-dealkylation sites (tertiary alicyclic amines) is 1. The maximum atomic E-state index is 12.4. The maximum Gasteiger partial charge on any atom is 0.308 e. The number of anilines is 1. The molecule has 5 nitrogen and oxygen atoms in total. The first-order chi connectivity index (χ1) is 9.31. The molecule has 1 aromatic carbocycles. The third-order valence-electron chi connectivity index (χ3n) is 3.54. The molecule has 0 saturated carbocycles. The first kappa shape index (κ1) is 14.9. The minimum absolute atomic E-state index is 0.0869. The van der Waals surface area contributed by atoms with Crippen LogP contribution >= 0.6 is 23.2 Å². The third kappa shape index (κ3) is 2.69. The number of nitrogens with zero attached hydrogens (tertiary/aromatic N) is 1. The molecule has 2 unspecified atom stereocenters. The summed E-state index contributed by atoms with van der Waals surface area (Å²) in [5, 5.41) is 9.50. The third-order valence-corrected chi connectivity index (χ3v) is 4.17. The van der Waals surface area contributed by atoms with Crippen LogP contribution in [0.25, 0.3) is 0 Å². The SMILES string of the molecule is CC1CN(C(=O)c2cc(Cl)c(N)c(Cl)c2)CC1C(=O)O. The van der Waals surface area contributed by atoms with E-state index in [1.54, 1.807) is 0 Å². The molecule has 20 heavy (non-hydrogen) atoms. The lowest BCUT2D eigenvalue weighted by Crippen LogP contribution is -2.30. The molecule has 2 atom stereocenters. The average molecular weight is 317 g/mol. The Morgan fingerprint density at radius 2 is 1.85 bits per heavy atom. The summed E-state index contributed by atoms with van der Waals surface area (Å²) < 4.78 is 0. The lowest BCUT2D eigenvalue weighted by Gasteiger charge is -2.16. The Labute approximate surface area is 126 Å². The summed E-state index contributed by atoms with van der Waals surface area (Å²) in [7, 11) is 0. The number of hydrogen-bond acceptors (Lipinski definition) is 3. The minimum Gasteiger partial charge on any atom is -0.481 e. The molecule has 108 valence electrons. The summed E-state index contributed by atoms with van der Waals surface area (Å²) in [5.74, 6) is -1.81. The highest BCUT2D eigenvalue weighted by Crippen LogP contribution is 2.31. The van der Waals surface area contributed by atoms with Crippen LogP contribution in [-0.2, 0) is 4.79 Å². The average Bonchev–Trinajstić information content (AvgIpc) is 2.76. The van der Waals surface area contributed by atoms with Gasteiger partial charge >= 0.3 is 5.97 Å². The van der Waals surface area contributed by atoms with Crippen molar-refractivity contribution in [2.24, 2.45) is 11.8 Å². The molecule has 1 aliphatic heterocycles. The Morgan fingerprint density at radius 3 is 2.30 bits per heavy atom. The number of nitrogen functional groups attached to an aromatic ring is 1. The van der Waals surface area contributed by atoms with Crippen molar-refractivity contribution >= 4 is 40.8 Å². The lowest BCUT2D eigenvalue weighted by molar-refractivity contribution is -0.142. The number of carbonyl (C=O) groups is 2. The molecule has 1 saturated heterocycles. The molecule has 1 aliphatic rings. The van der Waals surface area contributed by atoms with Crippen molar-refractivity contribution in [3.05, 3.63) is 27.7 Å². The van der Waals surface area contributed by atoms with Gasteiger partial charge in [-0.15, -0.1) is 0 Å². The van der Waals surface area contributed by atoms with Crippen molar-refractivity contribution in [1.82, 2.24) is 4.90 Å². The van der Waals surface area contributed by atoms with E-state index in [-0.39, 0.29) is 34.1 Å². The molecule has 0 bridgehead atoms. The zero-order valence-corrected chi connectivity index (χ0v) is 12.3. The second-order valence-corrected chi connectivity index (χ2v) is 5.80. The van der Waals surface area contributed by atoms with Crippen molar-refractivity contribution < 1.29 is 14.7 Å². The molecule has 2 rings (SSSR count). The van der Waals surface area contributed by atoms with Gasteiger partial charge in [0, 0.05) is 18.7 Å². The van der Waals surface area contributed by atoms with E-state index in [4.69, 9.17) is 34.0 Å². The van der Waals surface area contributed by atoms with E-state index in [9.17, 15) is 9.59 Å². The Hall–Kier alpha value is -1.46. The topological polar surface area (TPSA) is 83.6 Å². The van der Waals surface area contributed by atoms with E-state index < -0.39 is 11.9 Å². The zero-order valence-electron chi connectivity index (χ0n) is 10.8. The van der Waals surface area contributed by atoms with Crippen LogP contribution in [0, 0.1) is 11.8 Å². The molecule has 0 radical (unpaired) electrons. The highest BCUT2D eigenvalue weighted by atomic mass is 35.5. The largest absolute Gasteiger partial charge is 0.481 e. The van der Waals surface area contributed by atoms with Crippen LogP contribution in [-0.4, -0.2) is 35.0 Å². The number of carbonyl (C=O) groups excluding carboxylic acids is 1. The summed E-state index contributed by atoms with van der Waals surface area (Å²) in [6, 6.07) is 2.90. The van der Waals surface area contributed by atoms with Crippen LogP contribution in [0.4, 0.5) is 5.69 Å². The fraction of sp³-hybridized carbons (Fsp3) is 0.385. The fourth-order valence-corrected chi connectivity index (χ4v) is 2.83. The minimum atomic E-state index is -0.888. The number of nitrogens with two attached hydrogens (primary N) is 1. The van der Waals surface area contributed by atoms with Crippen LogP contribution in [0.15, 0.2) is 12.1 Å². The van der Waals surface area contributed by atoms with Crippen molar-refractivity contribution in [2.45, 2.75) is 6.92 Å². The molecule has 7 heteroatoms. The zero-order chi connectivity index (χ0) is 15.0. The second-order valence-electron chi connectivity index (χ2n) is 4.99. The Kier molecular flexibility index (Phi) is 4.11. The monoisotopic (exact) mass is 316 g/mol. The summed E-state index contributed by atoms with van der Waals surface area (Å²) in [5.41, 5.74) is 6.16. The highest BCUT2D eigenvalue weighted by Gasteiger charge is 2.37. The number of rotatable bonds is 2. The number of amides is 1. The molecule has 0 spiro atoms.